The number of benzene rings is 1. The van der Waals surface area contributed by atoms with E-state index in [1.54, 1.807) is 20.8 Å². The Bertz CT molecular complexity index is 901. The van der Waals surface area contributed by atoms with Crippen molar-refractivity contribution in [1.29, 1.82) is 5.26 Å². The van der Waals surface area contributed by atoms with Gasteiger partial charge in [-0.15, -0.1) is 0 Å². The third kappa shape index (κ3) is 4.79. The standard InChI is InChI=1S/C18H22BrFN2O4S/c1-16(2,3)26-15(23)22-17(4,13-9-12(19)5-6-14(13)20)11-27(24,25)18(10-21)7-8-18/h5-6,9H,7-8,11H2,1-4H3,(H,22,23)/t17-/m0/s1. The molecule has 1 amide bonds. The van der Waals surface area contributed by atoms with Gasteiger partial charge in [-0.25, -0.2) is 17.6 Å². The highest BCUT2D eigenvalue weighted by Gasteiger charge is 2.57. The molecule has 1 N–H and O–H groups in total. The molecule has 0 heterocycles. The van der Waals surface area contributed by atoms with Crippen molar-refractivity contribution in [3.8, 4) is 6.07 Å². The molecule has 1 aliphatic carbocycles. The maximum Gasteiger partial charge on any atom is 0.408 e. The first kappa shape index (κ1) is 21.6. The van der Waals surface area contributed by atoms with E-state index in [4.69, 9.17) is 4.74 Å². The van der Waals surface area contributed by atoms with Gasteiger partial charge in [0.05, 0.1) is 17.4 Å². The van der Waals surface area contributed by atoms with Crippen LogP contribution in [0.15, 0.2) is 22.7 Å². The van der Waals surface area contributed by atoms with Crippen LogP contribution in [-0.2, 0) is 20.1 Å². The van der Waals surface area contributed by atoms with Crippen LogP contribution in [0.2, 0.25) is 0 Å². The number of nitriles is 1. The molecule has 0 radical (unpaired) electrons. The maximum absolute atomic E-state index is 14.5. The molecule has 1 aromatic rings. The van der Waals surface area contributed by atoms with E-state index in [0.717, 1.165) is 0 Å². The smallest absolute Gasteiger partial charge is 0.408 e. The minimum absolute atomic E-state index is 0.0138. The van der Waals surface area contributed by atoms with Gasteiger partial charge in [0.25, 0.3) is 0 Å². The van der Waals surface area contributed by atoms with Crippen LogP contribution in [0.5, 0.6) is 0 Å². The topological polar surface area (TPSA) is 96.3 Å². The summed E-state index contributed by atoms with van der Waals surface area (Å²) in [6.45, 7) is 6.40. The van der Waals surface area contributed by atoms with Crippen molar-refractivity contribution in [2.75, 3.05) is 5.75 Å². The number of nitrogens with zero attached hydrogens (tertiary/aromatic N) is 1. The van der Waals surface area contributed by atoms with Crippen molar-refractivity contribution in [3.05, 3.63) is 34.1 Å². The molecule has 0 spiro atoms. The number of nitrogens with one attached hydrogen (secondary N) is 1. The summed E-state index contributed by atoms with van der Waals surface area (Å²) in [5, 5.41) is 11.8. The lowest BCUT2D eigenvalue weighted by atomic mass is 9.93. The summed E-state index contributed by atoms with van der Waals surface area (Å²) in [5.74, 6) is -1.30. The molecule has 2 rings (SSSR count). The Labute approximate surface area is 167 Å². The first-order valence-corrected chi connectivity index (χ1v) is 10.8. The highest BCUT2D eigenvalue weighted by atomic mass is 79.9. The van der Waals surface area contributed by atoms with Crippen LogP contribution >= 0.6 is 15.9 Å². The average Bonchev–Trinajstić information content (AvgIpc) is 3.28. The molecule has 0 aliphatic heterocycles. The fraction of sp³-hybridized carbons (Fsp3) is 0.556. The number of rotatable bonds is 5. The average molecular weight is 461 g/mol. The molecule has 0 unspecified atom stereocenters. The molecule has 1 saturated carbocycles. The number of alkyl carbamates (subject to hydrolysis) is 1. The summed E-state index contributed by atoms with van der Waals surface area (Å²) in [6.07, 6.45) is -0.411. The lowest BCUT2D eigenvalue weighted by molar-refractivity contribution is 0.0470. The zero-order valence-corrected chi connectivity index (χ0v) is 18.0. The molecular formula is C18H22BrFN2O4S. The molecular weight excluding hydrogens is 439 g/mol. The van der Waals surface area contributed by atoms with E-state index in [1.165, 1.54) is 25.1 Å². The molecule has 1 aromatic carbocycles. The maximum atomic E-state index is 14.5. The Balaban J connectivity index is 2.47. The van der Waals surface area contributed by atoms with Crippen LogP contribution in [-0.4, -0.2) is 30.6 Å². The first-order chi connectivity index (χ1) is 12.2. The van der Waals surface area contributed by atoms with Crippen LogP contribution < -0.4 is 5.32 Å². The summed E-state index contributed by atoms with van der Waals surface area (Å²) < 4.78 is 44.5. The molecule has 148 valence electrons. The first-order valence-electron chi connectivity index (χ1n) is 8.34. The molecule has 1 aliphatic rings. The predicted molar refractivity (Wildman–Crippen MR) is 102 cm³/mol. The van der Waals surface area contributed by atoms with Gasteiger partial charge in [-0.1, -0.05) is 15.9 Å². The molecule has 1 fully saturated rings. The molecule has 0 aromatic heterocycles. The third-order valence-corrected chi connectivity index (χ3v) is 7.42. The van der Waals surface area contributed by atoms with Gasteiger partial charge in [0.1, 0.15) is 11.4 Å². The van der Waals surface area contributed by atoms with Crippen molar-refractivity contribution in [2.24, 2.45) is 0 Å². The van der Waals surface area contributed by atoms with Gasteiger partial charge in [0.2, 0.25) is 0 Å². The van der Waals surface area contributed by atoms with E-state index in [9.17, 15) is 22.9 Å². The Hall–Kier alpha value is -1.66. The van der Waals surface area contributed by atoms with Gasteiger partial charge in [0.15, 0.2) is 14.6 Å². The second-order valence-electron chi connectivity index (χ2n) is 7.95. The molecule has 0 saturated heterocycles. The number of carbonyl (C=O) groups excluding carboxylic acids is 1. The molecule has 0 bridgehead atoms. The van der Waals surface area contributed by atoms with Crippen molar-refractivity contribution in [2.45, 2.75) is 56.4 Å². The van der Waals surface area contributed by atoms with E-state index in [1.807, 2.05) is 6.07 Å². The van der Waals surface area contributed by atoms with E-state index in [2.05, 4.69) is 21.2 Å². The number of hydrogen-bond donors (Lipinski definition) is 1. The fourth-order valence-corrected chi connectivity index (χ4v) is 5.24. The SMILES string of the molecule is CC(C)(C)OC(=O)N[C@@](C)(CS(=O)(=O)C1(C#N)CC1)c1cc(Br)ccc1F. The van der Waals surface area contributed by atoms with Crippen LogP contribution in [0.25, 0.3) is 0 Å². The van der Waals surface area contributed by atoms with Crippen molar-refractivity contribution < 1.29 is 22.3 Å². The largest absolute Gasteiger partial charge is 0.444 e. The van der Waals surface area contributed by atoms with Crippen molar-refractivity contribution in [1.82, 2.24) is 5.32 Å². The van der Waals surface area contributed by atoms with E-state index < -0.39 is 43.4 Å². The van der Waals surface area contributed by atoms with Gasteiger partial charge in [-0.05, 0) is 58.7 Å². The fourth-order valence-electron chi connectivity index (χ4n) is 2.75. The Morgan fingerprint density at radius 3 is 2.44 bits per heavy atom. The predicted octanol–water partition coefficient (Wildman–Crippen LogP) is 3.80. The number of amides is 1. The van der Waals surface area contributed by atoms with E-state index in [0.29, 0.717) is 4.47 Å². The normalized spacial score (nSPS) is 18.1. The highest BCUT2D eigenvalue weighted by molar-refractivity contribution is 9.10. The summed E-state index contributed by atoms with van der Waals surface area (Å²) in [5.41, 5.74) is -2.45. The van der Waals surface area contributed by atoms with Crippen LogP contribution in [0, 0.1) is 17.1 Å². The minimum Gasteiger partial charge on any atom is -0.444 e. The van der Waals surface area contributed by atoms with Gasteiger partial charge < -0.3 is 10.1 Å². The van der Waals surface area contributed by atoms with Crippen molar-refractivity contribution in [3.63, 3.8) is 0 Å². The monoisotopic (exact) mass is 460 g/mol. The van der Waals surface area contributed by atoms with Gasteiger partial charge in [-0.2, -0.15) is 5.26 Å². The lowest BCUT2D eigenvalue weighted by Gasteiger charge is -2.33. The van der Waals surface area contributed by atoms with E-state index >= 15 is 0 Å². The number of halogens is 2. The Kier molecular flexibility index (Phi) is 5.66. The summed E-state index contributed by atoms with van der Waals surface area (Å²) in [7, 11) is -3.94. The second-order valence-corrected chi connectivity index (χ2v) is 11.2. The summed E-state index contributed by atoms with van der Waals surface area (Å²) in [4.78, 5) is 12.3. The Morgan fingerprint density at radius 2 is 1.96 bits per heavy atom. The van der Waals surface area contributed by atoms with Gasteiger partial charge in [0, 0.05) is 10.0 Å². The highest BCUT2D eigenvalue weighted by Crippen LogP contribution is 2.45. The number of carbonyl (C=O) groups is 1. The van der Waals surface area contributed by atoms with Crippen LogP contribution in [0.3, 0.4) is 0 Å². The molecule has 1 atom stereocenters. The van der Waals surface area contributed by atoms with Crippen LogP contribution in [0.4, 0.5) is 9.18 Å². The Morgan fingerprint density at radius 1 is 1.37 bits per heavy atom. The second kappa shape index (κ2) is 7.06. The molecule has 27 heavy (non-hydrogen) atoms. The van der Waals surface area contributed by atoms with Crippen molar-refractivity contribution >= 4 is 31.9 Å². The zero-order chi connectivity index (χ0) is 20.7. The third-order valence-electron chi connectivity index (χ3n) is 4.28. The minimum atomic E-state index is -3.94. The molecule has 9 heteroatoms. The summed E-state index contributed by atoms with van der Waals surface area (Å²) >= 11 is 3.24. The van der Waals surface area contributed by atoms with E-state index in [-0.39, 0.29) is 18.4 Å². The zero-order valence-electron chi connectivity index (χ0n) is 15.6. The van der Waals surface area contributed by atoms with Gasteiger partial charge >= 0.3 is 6.09 Å². The lowest BCUT2D eigenvalue weighted by Crippen LogP contribution is -2.51. The van der Waals surface area contributed by atoms with Crippen LogP contribution in [0.1, 0.15) is 46.1 Å². The number of hydrogen-bond acceptors (Lipinski definition) is 5. The van der Waals surface area contributed by atoms with Gasteiger partial charge in [-0.3, -0.25) is 0 Å². The number of ether oxygens (including phenoxy) is 1. The quantitative estimate of drug-likeness (QED) is 0.720. The number of sulfone groups is 1. The summed E-state index contributed by atoms with van der Waals surface area (Å²) in [6, 6.07) is 5.91. The molecule has 6 nitrogen and oxygen atoms in total.